The molecule has 8 heteroatoms. The molecule has 0 rings (SSSR count). The molecule has 0 aliphatic rings. The van der Waals surface area contributed by atoms with E-state index >= 15 is 0 Å². The van der Waals surface area contributed by atoms with Crippen LogP contribution in [0, 0.1) is 0 Å². The fraction of sp³-hybridized carbons (Fsp3) is 0.700. The number of aliphatic carboxylic acids is 1. The molecule has 0 fully saturated rings. The van der Waals surface area contributed by atoms with Crippen LogP contribution in [-0.2, 0) is 19.1 Å². The number of nitrogens with one attached hydrogen (secondary N) is 1. The first kappa shape index (κ1) is 16.2. The van der Waals surface area contributed by atoms with Gasteiger partial charge in [0, 0.05) is 27.2 Å². The van der Waals surface area contributed by atoms with E-state index in [4.69, 9.17) is 9.84 Å². The van der Waals surface area contributed by atoms with Crippen molar-refractivity contribution in [3.05, 3.63) is 0 Å². The number of hydrogen-bond acceptors (Lipinski definition) is 5. The molecule has 0 heterocycles. The van der Waals surface area contributed by atoms with Gasteiger partial charge in [0.25, 0.3) is 0 Å². The van der Waals surface area contributed by atoms with Gasteiger partial charge in [0.1, 0.15) is 12.6 Å². The van der Waals surface area contributed by atoms with E-state index in [-0.39, 0.29) is 19.6 Å². The summed E-state index contributed by atoms with van der Waals surface area (Å²) in [6.45, 7) is -0.0447. The molecule has 1 atom stereocenters. The van der Waals surface area contributed by atoms with Crippen LogP contribution in [0.1, 0.15) is 6.42 Å². The molecule has 0 aromatic rings. The van der Waals surface area contributed by atoms with E-state index in [9.17, 15) is 14.4 Å². The zero-order valence-electron chi connectivity index (χ0n) is 10.6. The molecule has 1 unspecified atom stereocenters. The maximum absolute atomic E-state index is 11.6. The molecule has 8 nitrogen and oxygen atoms in total. The lowest BCUT2D eigenvalue weighted by Gasteiger charge is -2.20. The van der Waals surface area contributed by atoms with E-state index in [0.717, 1.165) is 4.90 Å². The van der Waals surface area contributed by atoms with Crippen molar-refractivity contribution in [2.45, 2.75) is 12.5 Å². The maximum atomic E-state index is 11.6. The van der Waals surface area contributed by atoms with Crippen LogP contribution in [0.2, 0.25) is 0 Å². The van der Waals surface area contributed by atoms with Gasteiger partial charge in [-0.2, -0.15) is 0 Å². The number of esters is 1. The van der Waals surface area contributed by atoms with E-state index in [1.165, 1.54) is 21.3 Å². The standard InChI is InChI=1S/C10H18N2O6/c1-12(6-8(13)18-3)10(16)11-7(9(14)15)4-5-17-2/h7H,4-6H2,1-3H3,(H,11,16)(H,14,15). The Morgan fingerprint density at radius 3 is 2.39 bits per heavy atom. The van der Waals surface area contributed by atoms with Crippen LogP contribution in [0.3, 0.4) is 0 Å². The normalized spacial score (nSPS) is 11.5. The number of carboxylic acids is 1. The Hall–Kier alpha value is -1.83. The molecular formula is C10H18N2O6. The highest BCUT2D eigenvalue weighted by molar-refractivity contribution is 5.84. The number of carbonyl (C=O) groups excluding carboxylic acids is 2. The lowest BCUT2D eigenvalue weighted by atomic mass is 10.2. The predicted octanol–water partition coefficient (Wildman–Crippen LogP) is -0.709. The van der Waals surface area contributed by atoms with Crippen molar-refractivity contribution in [2.75, 3.05) is 34.4 Å². The fourth-order valence-electron chi connectivity index (χ4n) is 1.08. The topological polar surface area (TPSA) is 105 Å². The van der Waals surface area contributed by atoms with Crippen molar-refractivity contribution in [3.63, 3.8) is 0 Å². The Bertz CT molecular complexity index is 307. The number of ether oxygens (including phenoxy) is 2. The van der Waals surface area contributed by atoms with Crippen LogP contribution >= 0.6 is 0 Å². The second kappa shape index (κ2) is 8.29. The Balaban J connectivity index is 4.31. The lowest BCUT2D eigenvalue weighted by molar-refractivity contribution is -0.141. The van der Waals surface area contributed by atoms with Crippen molar-refractivity contribution in [3.8, 4) is 0 Å². The number of urea groups is 1. The quantitative estimate of drug-likeness (QED) is 0.587. The molecule has 0 bridgehead atoms. The highest BCUT2D eigenvalue weighted by Gasteiger charge is 2.22. The molecule has 0 spiro atoms. The van der Waals surface area contributed by atoms with E-state index in [2.05, 4.69) is 10.1 Å². The fourth-order valence-corrected chi connectivity index (χ4v) is 1.08. The lowest BCUT2D eigenvalue weighted by Crippen LogP contribution is -2.48. The van der Waals surface area contributed by atoms with Gasteiger partial charge in [-0.3, -0.25) is 4.79 Å². The molecule has 0 aliphatic heterocycles. The van der Waals surface area contributed by atoms with Crippen LogP contribution in [-0.4, -0.2) is 68.4 Å². The molecule has 0 saturated carbocycles. The molecule has 18 heavy (non-hydrogen) atoms. The van der Waals surface area contributed by atoms with Crippen molar-refractivity contribution >= 4 is 18.0 Å². The monoisotopic (exact) mass is 262 g/mol. The third kappa shape index (κ3) is 6.04. The van der Waals surface area contributed by atoms with Crippen LogP contribution in [0.5, 0.6) is 0 Å². The summed E-state index contributed by atoms with van der Waals surface area (Å²) in [7, 11) is 4.00. The number of rotatable bonds is 7. The Morgan fingerprint density at radius 2 is 1.94 bits per heavy atom. The second-order valence-electron chi connectivity index (χ2n) is 3.55. The molecule has 2 N–H and O–H groups in total. The molecular weight excluding hydrogens is 244 g/mol. The van der Waals surface area contributed by atoms with E-state index in [1.807, 2.05) is 0 Å². The van der Waals surface area contributed by atoms with Crippen LogP contribution in [0.15, 0.2) is 0 Å². The smallest absolute Gasteiger partial charge is 0.326 e. The SMILES string of the molecule is COCCC(NC(=O)N(C)CC(=O)OC)C(=O)O. The first-order valence-corrected chi connectivity index (χ1v) is 5.22. The van der Waals surface area contributed by atoms with Gasteiger partial charge in [-0.15, -0.1) is 0 Å². The average molecular weight is 262 g/mol. The zero-order valence-corrected chi connectivity index (χ0v) is 10.6. The van der Waals surface area contributed by atoms with Crippen LogP contribution in [0.25, 0.3) is 0 Å². The van der Waals surface area contributed by atoms with Gasteiger partial charge in [-0.1, -0.05) is 0 Å². The van der Waals surface area contributed by atoms with Crippen molar-refractivity contribution in [1.82, 2.24) is 10.2 Å². The molecule has 104 valence electrons. The summed E-state index contributed by atoms with van der Waals surface area (Å²) in [6, 6.07) is -1.72. The highest BCUT2D eigenvalue weighted by atomic mass is 16.5. The number of nitrogens with zero attached hydrogens (tertiary/aromatic N) is 1. The molecule has 2 amide bonds. The van der Waals surface area contributed by atoms with Gasteiger partial charge in [0.15, 0.2) is 0 Å². The summed E-state index contributed by atoms with van der Waals surface area (Å²) in [5.41, 5.74) is 0. The number of amides is 2. The van der Waals surface area contributed by atoms with E-state index in [1.54, 1.807) is 0 Å². The minimum Gasteiger partial charge on any atom is -0.480 e. The van der Waals surface area contributed by atoms with Gasteiger partial charge in [0.05, 0.1) is 7.11 Å². The summed E-state index contributed by atoms with van der Waals surface area (Å²) in [5.74, 6) is -1.75. The van der Waals surface area contributed by atoms with Crippen molar-refractivity contribution < 1.29 is 29.0 Å². The number of methoxy groups -OCH3 is 2. The molecule has 0 aromatic carbocycles. The highest BCUT2D eigenvalue weighted by Crippen LogP contribution is 1.96. The van der Waals surface area contributed by atoms with Crippen molar-refractivity contribution in [1.29, 1.82) is 0 Å². The summed E-state index contributed by atoms with van der Waals surface area (Å²) in [4.78, 5) is 34.4. The van der Waals surface area contributed by atoms with E-state index in [0.29, 0.717) is 0 Å². The Labute approximate surface area is 105 Å². The van der Waals surface area contributed by atoms with Crippen LogP contribution < -0.4 is 5.32 Å². The first-order valence-electron chi connectivity index (χ1n) is 5.22. The minimum absolute atomic E-state index is 0.142. The number of carbonyl (C=O) groups is 3. The minimum atomic E-state index is -1.16. The van der Waals surface area contributed by atoms with Gasteiger partial charge in [-0.25, -0.2) is 9.59 Å². The van der Waals surface area contributed by atoms with Gasteiger partial charge in [-0.05, 0) is 0 Å². The Morgan fingerprint density at radius 1 is 1.33 bits per heavy atom. The van der Waals surface area contributed by atoms with Gasteiger partial charge >= 0.3 is 18.0 Å². The largest absolute Gasteiger partial charge is 0.480 e. The Kier molecular flexibility index (Phi) is 7.45. The van der Waals surface area contributed by atoms with Crippen LogP contribution in [0.4, 0.5) is 4.79 Å². The van der Waals surface area contributed by atoms with E-state index < -0.39 is 24.0 Å². The molecule has 0 aromatic heterocycles. The maximum Gasteiger partial charge on any atom is 0.326 e. The summed E-state index contributed by atoms with van der Waals surface area (Å²) in [5, 5.41) is 11.2. The average Bonchev–Trinajstić information content (AvgIpc) is 2.33. The molecule has 0 aliphatic carbocycles. The van der Waals surface area contributed by atoms with Gasteiger partial charge in [0.2, 0.25) is 0 Å². The zero-order chi connectivity index (χ0) is 14.1. The molecule has 0 saturated heterocycles. The summed E-state index contributed by atoms with van der Waals surface area (Å²) in [6.07, 6.45) is 0.142. The molecule has 0 radical (unpaired) electrons. The number of carboxylic acid groups (broad SMARTS) is 1. The first-order chi connectivity index (χ1) is 8.42. The number of hydrogen-bond donors (Lipinski definition) is 2. The summed E-state index contributed by atoms with van der Waals surface area (Å²) < 4.78 is 9.14. The van der Waals surface area contributed by atoms with Crippen molar-refractivity contribution in [2.24, 2.45) is 0 Å². The summed E-state index contributed by atoms with van der Waals surface area (Å²) >= 11 is 0. The third-order valence-corrected chi connectivity index (χ3v) is 2.15. The second-order valence-corrected chi connectivity index (χ2v) is 3.55. The number of likely N-dealkylation sites (N-methyl/N-ethyl adjacent to an activating group) is 1. The predicted molar refractivity (Wildman–Crippen MR) is 61.1 cm³/mol. The third-order valence-electron chi connectivity index (χ3n) is 2.15. The van der Waals surface area contributed by atoms with Gasteiger partial charge < -0.3 is 24.8 Å².